The molecular formula is C12H12FN3OS. The Labute approximate surface area is 108 Å². The van der Waals surface area contributed by atoms with Crippen molar-refractivity contribution in [2.75, 3.05) is 0 Å². The van der Waals surface area contributed by atoms with Gasteiger partial charge in [0.2, 0.25) is 5.91 Å². The molecule has 0 bridgehead atoms. The zero-order valence-corrected chi connectivity index (χ0v) is 10.6. The summed E-state index contributed by atoms with van der Waals surface area (Å²) in [6, 6.07) is 4.44. The lowest BCUT2D eigenvalue weighted by atomic mass is 10.1. The highest BCUT2D eigenvalue weighted by Gasteiger charge is 2.07. The summed E-state index contributed by atoms with van der Waals surface area (Å²) in [4.78, 5) is 11.7. The molecule has 1 aromatic heterocycles. The molecule has 0 spiro atoms. The van der Waals surface area contributed by atoms with Crippen LogP contribution in [-0.4, -0.2) is 15.5 Å². The summed E-state index contributed by atoms with van der Waals surface area (Å²) in [5.41, 5.74) is 2.33. The van der Waals surface area contributed by atoms with Gasteiger partial charge in [0, 0.05) is 5.38 Å². The lowest BCUT2D eigenvalue weighted by Crippen LogP contribution is -2.25. The Morgan fingerprint density at radius 2 is 2.33 bits per heavy atom. The maximum absolute atomic E-state index is 13.1. The fraction of sp³-hybridized carbons (Fsp3) is 0.250. The summed E-state index contributed by atoms with van der Waals surface area (Å²) in [6.07, 6.45) is 0.168. The number of aromatic nitrogens is 2. The fourth-order valence-corrected chi connectivity index (χ4v) is 1.97. The molecule has 6 heteroatoms. The molecule has 0 fully saturated rings. The van der Waals surface area contributed by atoms with E-state index in [1.807, 2.05) is 6.92 Å². The van der Waals surface area contributed by atoms with Crippen LogP contribution < -0.4 is 5.32 Å². The number of nitrogens with one attached hydrogen (secondary N) is 1. The largest absolute Gasteiger partial charge is 0.350 e. The van der Waals surface area contributed by atoms with Crippen LogP contribution in [0.4, 0.5) is 4.39 Å². The normalized spacial score (nSPS) is 10.3. The molecule has 1 heterocycles. The molecule has 0 radical (unpaired) electrons. The molecule has 0 aliphatic carbocycles. The van der Waals surface area contributed by atoms with Crippen LogP contribution in [0, 0.1) is 12.7 Å². The summed E-state index contributed by atoms with van der Waals surface area (Å²) in [5.74, 6) is -0.483. The molecule has 1 N–H and O–H groups in total. The summed E-state index contributed by atoms with van der Waals surface area (Å²) in [5, 5.41) is 8.32. The quantitative estimate of drug-likeness (QED) is 0.917. The van der Waals surface area contributed by atoms with Gasteiger partial charge in [0.25, 0.3) is 0 Å². The van der Waals surface area contributed by atoms with Crippen LogP contribution in [0.3, 0.4) is 0 Å². The van der Waals surface area contributed by atoms with E-state index in [1.165, 1.54) is 23.7 Å². The first-order valence-corrected chi connectivity index (χ1v) is 6.26. The Morgan fingerprint density at radius 1 is 1.50 bits per heavy atom. The van der Waals surface area contributed by atoms with E-state index in [1.54, 1.807) is 11.4 Å². The van der Waals surface area contributed by atoms with Gasteiger partial charge in [-0.3, -0.25) is 4.79 Å². The van der Waals surface area contributed by atoms with Crippen molar-refractivity contribution in [2.24, 2.45) is 0 Å². The smallest absolute Gasteiger partial charge is 0.224 e. The number of benzene rings is 1. The molecule has 0 aliphatic heterocycles. The molecule has 2 aromatic rings. The molecule has 1 amide bonds. The van der Waals surface area contributed by atoms with Crippen molar-refractivity contribution in [1.29, 1.82) is 0 Å². The summed E-state index contributed by atoms with van der Waals surface area (Å²) in [7, 11) is 0. The van der Waals surface area contributed by atoms with Gasteiger partial charge < -0.3 is 5.32 Å². The van der Waals surface area contributed by atoms with Gasteiger partial charge in [-0.2, -0.15) is 0 Å². The second kappa shape index (κ2) is 5.68. The first kappa shape index (κ1) is 12.6. The van der Waals surface area contributed by atoms with Gasteiger partial charge in [-0.1, -0.05) is 10.6 Å². The van der Waals surface area contributed by atoms with Crippen molar-refractivity contribution in [1.82, 2.24) is 14.9 Å². The first-order valence-electron chi connectivity index (χ1n) is 5.43. The van der Waals surface area contributed by atoms with Crippen LogP contribution in [0.15, 0.2) is 23.6 Å². The number of halogens is 1. The number of carbonyl (C=O) groups is 1. The van der Waals surface area contributed by atoms with Gasteiger partial charge in [0.1, 0.15) is 5.82 Å². The third-order valence-corrected chi connectivity index (χ3v) is 3.09. The lowest BCUT2D eigenvalue weighted by molar-refractivity contribution is -0.120. The van der Waals surface area contributed by atoms with Crippen molar-refractivity contribution in [3.8, 4) is 0 Å². The Bertz CT molecular complexity index is 542. The predicted octanol–water partition coefficient (Wildman–Crippen LogP) is 1.84. The fourth-order valence-electron chi connectivity index (χ4n) is 1.52. The second-order valence-corrected chi connectivity index (χ2v) is 4.53. The number of nitrogens with zero attached hydrogens (tertiary/aromatic N) is 2. The average Bonchev–Trinajstić information content (AvgIpc) is 2.84. The zero-order chi connectivity index (χ0) is 13.0. The highest BCUT2D eigenvalue weighted by atomic mass is 32.1. The molecule has 0 atom stereocenters. The zero-order valence-electron chi connectivity index (χ0n) is 9.81. The molecule has 0 saturated heterocycles. The molecule has 0 aliphatic rings. The number of aryl methyl sites for hydroxylation is 1. The van der Waals surface area contributed by atoms with Gasteiger partial charge >= 0.3 is 0 Å². The van der Waals surface area contributed by atoms with Gasteiger partial charge in [-0.15, -0.1) is 5.10 Å². The minimum Gasteiger partial charge on any atom is -0.350 e. The van der Waals surface area contributed by atoms with Gasteiger partial charge in [0.05, 0.1) is 18.7 Å². The number of hydrogen-bond acceptors (Lipinski definition) is 4. The van der Waals surface area contributed by atoms with Crippen LogP contribution in [-0.2, 0) is 17.8 Å². The Hall–Kier alpha value is -1.82. The minimum absolute atomic E-state index is 0.156. The molecule has 94 valence electrons. The molecule has 0 saturated carbocycles. The monoisotopic (exact) mass is 265 g/mol. The first-order chi connectivity index (χ1) is 8.65. The van der Waals surface area contributed by atoms with E-state index in [4.69, 9.17) is 0 Å². The van der Waals surface area contributed by atoms with Gasteiger partial charge in [-0.25, -0.2) is 4.39 Å². The number of amides is 1. The molecule has 18 heavy (non-hydrogen) atoms. The van der Waals surface area contributed by atoms with Crippen molar-refractivity contribution < 1.29 is 9.18 Å². The van der Waals surface area contributed by atoms with Crippen LogP contribution in [0.2, 0.25) is 0 Å². The summed E-state index contributed by atoms with van der Waals surface area (Å²) >= 11 is 1.24. The van der Waals surface area contributed by atoms with Crippen LogP contribution in [0.5, 0.6) is 0 Å². The Morgan fingerprint density at radius 3 is 3.06 bits per heavy atom. The average molecular weight is 265 g/mol. The number of hydrogen-bond donors (Lipinski definition) is 1. The van der Waals surface area contributed by atoms with Crippen molar-refractivity contribution in [3.05, 3.63) is 46.2 Å². The highest BCUT2D eigenvalue weighted by molar-refractivity contribution is 7.03. The highest BCUT2D eigenvalue weighted by Crippen LogP contribution is 2.10. The minimum atomic E-state index is -0.327. The van der Waals surface area contributed by atoms with E-state index in [2.05, 4.69) is 14.9 Å². The van der Waals surface area contributed by atoms with E-state index in [0.717, 1.165) is 11.3 Å². The lowest BCUT2D eigenvalue weighted by Gasteiger charge is -2.06. The molecule has 1 aromatic carbocycles. The molecule has 2 rings (SSSR count). The van der Waals surface area contributed by atoms with Crippen molar-refractivity contribution >= 4 is 17.4 Å². The molecule has 4 nitrogen and oxygen atoms in total. The third-order valence-electron chi connectivity index (χ3n) is 2.53. The predicted molar refractivity (Wildman–Crippen MR) is 66.6 cm³/mol. The maximum Gasteiger partial charge on any atom is 0.224 e. The molecular weight excluding hydrogens is 253 g/mol. The van der Waals surface area contributed by atoms with Crippen molar-refractivity contribution in [3.63, 3.8) is 0 Å². The van der Waals surface area contributed by atoms with E-state index < -0.39 is 0 Å². The van der Waals surface area contributed by atoms with Crippen molar-refractivity contribution in [2.45, 2.75) is 19.9 Å². The van der Waals surface area contributed by atoms with Gasteiger partial charge in [0.15, 0.2) is 0 Å². The SMILES string of the molecule is Cc1ccc(F)cc1CC(=O)NCc1csnn1. The standard InChI is InChI=1S/C12H12FN3OS/c1-8-2-3-10(13)4-9(8)5-12(17)14-6-11-7-18-16-15-11/h2-4,7H,5-6H2,1H3,(H,14,17). The summed E-state index contributed by atoms with van der Waals surface area (Å²) in [6.45, 7) is 2.20. The molecule has 0 unspecified atom stereocenters. The van der Waals surface area contributed by atoms with E-state index in [-0.39, 0.29) is 18.1 Å². The third kappa shape index (κ3) is 3.33. The summed E-state index contributed by atoms with van der Waals surface area (Å²) < 4.78 is 16.8. The van der Waals surface area contributed by atoms with Gasteiger partial charge in [-0.05, 0) is 41.7 Å². The van der Waals surface area contributed by atoms with Crippen LogP contribution >= 0.6 is 11.5 Å². The number of carbonyl (C=O) groups excluding carboxylic acids is 1. The van der Waals surface area contributed by atoms with E-state index in [0.29, 0.717) is 12.1 Å². The van der Waals surface area contributed by atoms with Crippen LogP contribution in [0.1, 0.15) is 16.8 Å². The second-order valence-electron chi connectivity index (χ2n) is 3.92. The maximum atomic E-state index is 13.1. The Kier molecular flexibility index (Phi) is 3.99. The van der Waals surface area contributed by atoms with E-state index >= 15 is 0 Å². The number of rotatable bonds is 4. The van der Waals surface area contributed by atoms with E-state index in [9.17, 15) is 9.18 Å². The topological polar surface area (TPSA) is 54.9 Å². The van der Waals surface area contributed by atoms with Crippen LogP contribution in [0.25, 0.3) is 0 Å². The Balaban J connectivity index is 1.92.